The van der Waals surface area contributed by atoms with Crippen molar-refractivity contribution in [2.45, 2.75) is 58.7 Å². The number of hydrogen-bond acceptors (Lipinski definition) is 4. The van der Waals surface area contributed by atoms with Crippen LogP contribution in [0.2, 0.25) is 0 Å². The van der Waals surface area contributed by atoms with Gasteiger partial charge in [0.25, 0.3) is 0 Å². The molecule has 1 aliphatic carbocycles. The number of thioether (sulfide) groups is 1. The van der Waals surface area contributed by atoms with Crippen molar-refractivity contribution in [1.82, 2.24) is 10.3 Å². The molecule has 0 aliphatic heterocycles. The van der Waals surface area contributed by atoms with E-state index in [2.05, 4.69) is 46.1 Å². The first-order valence-corrected chi connectivity index (χ1v) is 13.8. The van der Waals surface area contributed by atoms with Gasteiger partial charge in [-0.25, -0.2) is 4.99 Å². The summed E-state index contributed by atoms with van der Waals surface area (Å²) in [5, 5.41) is 3.59. The van der Waals surface area contributed by atoms with Gasteiger partial charge in [-0.3, -0.25) is 4.98 Å². The predicted octanol–water partition coefficient (Wildman–Crippen LogP) is 8.11. The maximum Gasteiger partial charge on any atom is 0.481 e. The molecule has 0 spiro atoms. The molecule has 8 heteroatoms. The highest BCUT2D eigenvalue weighted by Gasteiger charge is 2.24. The molecule has 0 saturated heterocycles. The van der Waals surface area contributed by atoms with Crippen molar-refractivity contribution in [3.63, 3.8) is 0 Å². The summed E-state index contributed by atoms with van der Waals surface area (Å²) in [6.07, 6.45) is 15.5. The standard InChI is InChI=1S/C21H21N3S.C9H14F3N/c1-25-21(18-8-9-19-14-23-12-11-17(19)13-18)20(24-15-22)10-7-16-5-3-2-4-6-16;1-3-5-8(4-2)6-7-13-9(10,11)12/h5,8-9,11-15H,2-4,6H2,1H3,(H2,22,24);4,6-7,13H,3,5H2,1-2H3/b21-20-;7-6-,8-4-. The number of aromatic nitrogens is 1. The van der Waals surface area contributed by atoms with Crippen LogP contribution in [-0.2, 0) is 0 Å². The molecule has 1 heterocycles. The minimum atomic E-state index is -4.33. The Balaban J connectivity index is 0.000000332. The topological polar surface area (TPSA) is 63.3 Å². The Labute approximate surface area is 228 Å². The molecular weight excluding hydrogens is 505 g/mol. The Morgan fingerprint density at radius 1 is 1.24 bits per heavy atom. The van der Waals surface area contributed by atoms with E-state index in [-0.39, 0.29) is 0 Å². The summed E-state index contributed by atoms with van der Waals surface area (Å²) < 4.78 is 34.8. The van der Waals surface area contributed by atoms with Crippen LogP contribution in [-0.4, -0.2) is 23.9 Å². The maximum atomic E-state index is 11.6. The van der Waals surface area contributed by atoms with E-state index in [1.54, 1.807) is 17.8 Å². The monoisotopic (exact) mass is 540 g/mol. The van der Waals surface area contributed by atoms with Gasteiger partial charge >= 0.3 is 6.30 Å². The minimum absolute atomic E-state index is 0.717. The van der Waals surface area contributed by atoms with Crippen molar-refractivity contribution >= 4 is 33.8 Å². The summed E-state index contributed by atoms with van der Waals surface area (Å²) in [6, 6.07) is 8.33. The molecule has 4 nitrogen and oxygen atoms in total. The van der Waals surface area contributed by atoms with Gasteiger partial charge in [0.15, 0.2) is 0 Å². The summed E-state index contributed by atoms with van der Waals surface area (Å²) in [6.45, 7) is 3.79. The highest BCUT2D eigenvalue weighted by Crippen LogP contribution is 2.31. The molecule has 0 bridgehead atoms. The van der Waals surface area contributed by atoms with E-state index >= 15 is 0 Å². The maximum absolute atomic E-state index is 11.6. The molecule has 202 valence electrons. The van der Waals surface area contributed by atoms with Crippen molar-refractivity contribution in [1.29, 1.82) is 0 Å². The van der Waals surface area contributed by atoms with Crippen LogP contribution in [0.1, 0.15) is 57.9 Å². The first-order valence-electron chi connectivity index (χ1n) is 12.5. The van der Waals surface area contributed by atoms with Crippen LogP contribution in [0.4, 0.5) is 13.2 Å². The van der Waals surface area contributed by atoms with E-state index in [1.165, 1.54) is 36.1 Å². The number of rotatable bonds is 7. The zero-order valence-electron chi connectivity index (χ0n) is 22.1. The van der Waals surface area contributed by atoms with Gasteiger partial charge in [0.05, 0.1) is 6.34 Å². The number of nitrogens with two attached hydrogens (primary N) is 1. The molecule has 0 amide bonds. The molecule has 0 radical (unpaired) electrons. The van der Waals surface area contributed by atoms with Crippen LogP contribution < -0.4 is 11.1 Å². The van der Waals surface area contributed by atoms with Gasteiger partial charge in [-0.1, -0.05) is 49.1 Å². The third kappa shape index (κ3) is 10.9. The van der Waals surface area contributed by atoms with Gasteiger partial charge in [-0.15, -0.1) is 11.8 Å². The third-order valence-electron chi connectivity index (χ3n) is 5.61. The molecule has 0 fully saturated rings. The Hall–Kier alpha value is -3.44. The highest BCUT2D eigenvalue weighted by atomic mass is 32.2. The molecule has 1 aliphatic rings. The normalized spacial score (nSPS) is 14.9. The molecule has 1 aromatic carbocycles. The van der Waals surface area contributed by atoms with Crippen molar-refractivity contribution in [3.05, 3.63) is 83.5 Å². The lowest BCUT2D eigenvalue weighted by Crippen LogP contribution is -2.25. The molecule has 0 atom stereocenters. The average Bonchev–Trinajstić information content (AvgIpc) is 2.92. The second-order valence-corrected chi connectivity index (χ2v) is 9.23. The van der Waals surface area contributed by atoms with Crippen LogP contribution in [0.5, 0.6) is 0 Å². The Morgan fingerprint density at radius 3 is 2.68 bits per heavy atom. The van der Waals surface area contributed by atoms with E-state index in [9.17, 15) is 13.2 Å². The molecule has 3 N–H and O–H groups in total. The van der Waals surface area contributed by atoms with Gasteiger partial charge in [0.2, 0.25) is 0 Å². The predicted molar refractivity (Wildman–Crippen MR) is 156 cm³/mol. The van der Waals surface area contributed by atoms with Crippen molar-refractivity contribution < 1.29 is 13.2 Å². The minimum Gasteiger partial charge on any atom is -0.390 e. The first kappa shape index (κ1) is 30.8. The molecule has 0 unspecified atom stereocenters. The summed E-state index contributed by atoms with van der Waals surface area (Å²) in [7, 11) is 0. The largest absolute Gasteiger partial charge is 0.481 e. The summed E-state index contributed by atoms with van der Waals surface area (Å²) in [5.41, 5.74) is 9.50. The van der Waals surface area contributed by atoms with Gasteiger partial charge in [-0.05, 0) is 85.9 Å². The average molecular weight is 541 g/mol. The molecule has 1 aromatic heterocycles. The zero-order valence-corrected chi connectivity index (χ0v) is 22.9. The summed E-state index contributed by atoms with van der Waals surface area (Å²) in [4.78, 5) is 9.53. The Bertz CT molecular complexity index is 1260. The number of alkyl halides is 3. The molecule has 2 aromatic rings. The number of pyridine rings is 1. The number of hydrogen-bond donors (Lipinski definition) is 2. The van der Waals surface area contributed by atoms with Gasteiger partial charge in [0, 0.05) is 28.9 Å². The van der Waals surface area contributed by atoms with E-state index < -0.39 is 6.30 Å². The fraction of sp³-hybridized carbons (Fsp3) is 0.333. The Morgan fingerprint density at radius 2 is 2.05 bits per heavy atom. The Kier molecular flexibility index (Phi) is 13.3. The number of fused-ring (bicyclic) bond motifs is 1. The number of aliphatic imine (C=N–C) groups is 1. The summed E-state index contributed by atoms with van der Waals surface area (Å²) >= 11 is 1.64. The van der Waals surface area contributed by atoms with E-state index in [0.29, 0.717) is 0 Å². The van der Waals surface area contributed by atoms with Crippen molar-refractivity contribution in [2.75, 3.05) is 6.26 Å². The van der Waals surface area contributed by atoms with Crippen LogP contribution in [0, 0.1) is 11.8 Å². The number of nitrogens with one attached hydrogen (secondary N) is 1. The lowest BCUT2D eigenvalue weighted by Gasteiger charge is -2.08. The SMILES string of the molecule is C/C=C(\C=C/NC(F)(F)F)CCC.CS/C(=C(/C#CC1=CCCCC1)N=CN)c1ccc2cnccc2c1. The molecule has 0 saturated carbocycles. The van der Waals surface area contributed by atoms with Gasteiger partial charge in [-0.2, -0.15) is 13.2 Å². The molecular formula is C30H35F3N4S. The van der Waals surface area contributed by atoms with E-state index in [1.807, 2.05) is 38.6 Å². The quantitative estimate of drug-likeness (QED) is 0.122. The zero-order chi connectivity index (χ0) is 27.8. The van der Waals surface area contributed by atoms with Crippen molar-refractivity contribution in [2.24, 2.45) is 10.7 Å². The van der Waals surface area contributed by atoms with Crippen LogP contribution in [0.15, 0.2) is 82.9 Å². The van der Waals surface area contributed by atoms with Gasteiger partial charge < -0.3 is 11.1 Å². The fourth-order valence-corrected chi connectivity index (χ4v) is 4.40. The molecule has 38 heavy (non-hydrogen) atoms. The van der Waals surface area contributed by atoms with Crippen LogP contribution in [0.3, 0.4) is 0 Å². The van der Waals surface area contributed by atoms with Crippen molar-refractivity contribution in [3.8, 4) is 11.8 Å². The number of nitrogens with zero attached hydrogens (tertiary/aromatic N) is 2. The van der Waals surface area contributed by atoms with Crippen LogP contribution >= 0.6 is 11.8 Å². The first-order chi connectivity index (χ1) is 18.3. The van der Waals surface area contributed by atoms with E-state index in [4.69, 9.17) is 5.73 Å². The van der Waals surface area contributed by atoms with Crippen LogP contribution in [0.25, 0.3) is 15.7 Å². The van der Waals surface area contributed by atoms with Gasteiger partial charge in [0.1, 0.15) is 5.70 Å². The third-order valence-corrected chi connectivity index (χ3v) is 6.45. The second-order valence-electron chi connectivity index (χ2n) is 8.41. The number of allylic oxidation sites excluding steroid dienone is 6. The highest BCUT2D eigenvalue weighted by molar-refractivity contribution is 8.07. The number of halogens is 3. The number of benzene rings is 1. The lowest BCUT2D eigenvalue weighted by molar-refractivity contribution is -0.146. The molecule has 3 rings (SSSR count). The lowest BCUT2D eigenvalue weighted by atomic mass is 10.00. The fourth-order valence-electron chi connectivity index (χ4n) is 3.74. The summed E-state index contributed by atoms with van der Waals surface area (Å²) in [5.74, 6) is 6.53. The second kappa shape index (κ2) is 16.4. The van der Waals surface area contributed by atoms with E-state index in [0.717, 1.165) is 64.4 Å². The smallest absolute Gasteiger partial charge is 0.390 e.